The number of nitrogens with zero attached hydrogens (tertiary/aromatic N) is 1. The van der Waals surface area contributed by atoms with Gasteiger partial charge in [0.05, 0.1) is 13.0 Å². The Morgan fingerprint density at radius 1 is 1.23 bits per heavy atom. The van der Waals surface area contributed by atoms with Gasteiger partial charge in [0.25, 0.3) is 0 Å². The van der Waals surface area contributed by atoms with E-state index >= 15 is 0 Å². The van der Waals surface area contributed by atoms with Crippen LogP contribution in [0.1, 0.15) is 38.7 Å². The van der Waals surface area contributed by atoms with Crippen LogP contribution in [0.3, 0.4) is 0 Å². The molecule has 160 valence electrons. The van der Waals surface area contributed by atoms with Crippen LogP contribution >= 0.6 is 11.8 Å². The molecule has 1 aromatic rings. The maximum Gasteiger partial charge on any atom is 0.304 e. The lowest BCUT2D eigenvalue weighted by molar-refractivity contribution is -0.137. The van der Waals surface area contributed by atoms with E-state index in [0.717, 1.165) is 44.0 Å². The highest BCUT2D eigenvalue weighted by atomic mass is 32.2. The van der Waals surface area contributed by atoms with Crippen molar-refractivity contribution in [3.05, 3.63) is 59.7 Å². The van der Waals surface area contributed by atoms with Crippen LogP contribution in [0, 0.1) is 5.41 Å². The number of benzene rings is 1. The van der Waals surface area contributed by atoms with Gasteiger partial charge in [-0.1, -0.05) is 50.3 Å². The van der Waals surface area contributed by atoms with Crippen LogP contribution in [-0.4, -0.2) is 48.0 Å². The zero-order valence-corrected chi connectivity index (χ0v) is 18.7. The molecule has 1 fully saturated rings. The number of allylic oxidation sites excluding steroid dienone is 5. The minimum atomic E-state index is -0.718. The van der Waals surface area contributed by atoms with Crippen molar-refractivity contribution < 1.29 is 14.6 Å². The lowest BCUT2D eigenvalue weighted by atomic mass is 9.74. The number of ether oxygens (including phenoxy) is 1. The van der Waals surface area contributed by atoms with Crippen LogP contribution in [0.2, 0.25) is 0 Å². The van der Waals surface area contributed by atoms with Crippen molar-refractivity contribution in [3.8, 4) is 5.75 Å². The second-order valence-corrected chi connectivity index (χ2v) is 10.3. The Morgan fingerprint density at radius 2 is 2.03 bits per heavy atom. The summed E-state index contributed by atoms with van der Waals surface area (Å²) in [6.07, 6.45) is 13.3. The molecule has 30 heavy (non-hydrogen) atoms. The van der Waals surface area contributed by atoms with E-state index in [1.54, 1.807) is 0 Å². The Bertz CT molecular complexity index is 892. The third-order valence-corrected chi connectivity index (χ3v) is 7.46. The Hall–Kier alpha value is -1.98. The molecule has 0 bridgehead atoms. The minimum absolute atomic E-state index is 0.0894. The molecule has 0 saturated carbocycles. The first-order valence-electron chi connectivity index (χ1n) is 10.8. The molecule has 1 aromatic carbocycles. The number of fused-ring (bicyclic) bond motifs is 2. The van der Waals surface area contributed by atoms with Crippen molar-refractivity contribution in [2.45, 2.75) is 43.4 Å². The molecule has 4 rings (SSSR count). The molecule has 3 aliphatic rings. The topological polar surface area (TPSA) is 49.8 Å². The van der Waals surface area contributed by atoms with E-state index in [9.17, 15) is 4.79 Å². The standard InChI is InChI=1S/C25H31NO3S/c1-24(2)9-4-3-5-19(16-24)17-30-20-6-7-21-22(15-20)29-18-25(21)10-13-26(14-11-25)12-8-23(27)28/h3-7,9,15-16H,8,10-14,17-18H2,1-2H3,(H,27,28). The largest absolute Gasteiger partial charge is 0.492 e. The van der Waals surface area contributed by atoms with Gasteiger partial charge in [0.15, 0.2) is 0 Å². The van der Waals surface area contributed by atoms with E-state index in [1.165, 1.54) is 16.0 Å². The van der Waals surface area contributed by atoms with Crippen LogP contribution in [-0.2, 0) is 10.2 Å². The molecule has 2 heterocycles. The van der Waals surface area contributed by atoms with Gasteiger partial charge in [0, 0.05) is 33.6 Å². The van der Waals surface area contributed by atoms with Gasteiger partial charge >= 0.3 is 5.97 Å². The first kappa shape index (κ1) is 21.3. The van der Waals surface area contributed by atoms with Crippen LogP contribution in [0.5, 0.6) is 5.75 Å². The summed E-state index contributed by atoms with van der Waals surface area (Å²) in [7, 11) is 0. The molecule has 0 aromatic heterocycles. The molecule has 0 amide bonds. The number of carboxylic acids is 1. The number of rotatable bonds is 6. The summed E-state index contributed by atoms with van der Waals surface area (Å²) in [6.45, 7) is 7.74. The number of piperidine rings is 1. The van der Waals surface area contributed by atoms with Gasteiger partial charge < -0.3 is 14.7 Å². The molecular weight excluding hydrogens is 394 g/mol. The zero-order chi connectivity index (χ0) is 21.2. The van der Waals surface area contributed by atoms with Crippen molar-refractivity contribution in [3.63, 3.8) is 0 Å². The minimum Gasteiger partial charge on any atom is -0.492 e. The van der Waals surface area contributed by atoms with E-state index in [4.69, 9.17) is 9.84 Å². The van der Waals surface area contributed by atoms with Crippen molar-refractivity contribution in [2.24, 2.45) is 5.41 Å². The van der Waals surface area contributed by atoms with Crippen LogP contribution in [0.25, 0.3) is 0 Å². The molecule has 1 aliphatic carbocycles. The SMILES string of the molecule is CC1(C)C=CC=CC(CSc2ccc3c(c2)OCC32CCN(CCC(=O)O)CC2)=C1. The fourth-order valence-electron chi connectivity index (χ4n) is 4.63. The zero-order valence-electron chi connectivity index (χ0n) is 17.9. The summed E-state index contributed by atoms with van der Waals surface area (Å²) in [5.41, 5.74) is 2.87. The number of carbonyl (C=O) groups is 1. The summed E-state index contributed by atoms with van der Waals surface area (Å²) in [5.74, 6) is 1.26. The monoisotopic (exact) mass is 425 g/mol. The predicted octanol–water partition coefficient (Wildman–Crippen LogP) is 5.06. The predicted molar refractivity (Wildman–Crippen MR) is 122 cm³/mol. The molecule has 1 saturated heterocycles. The third-order valence-electron chi connectivity index (χ3n) is 6.39. The van der Waals surface area contributed by atoms with Gasteiger partial charge in [-0.25, -0.2) is 0 Å². The molecule has 0 unspecified atom stereocenters. The maximum atomic E-state index is 10.8. The first-order chi connectivity index (χ1) is 14.4. The highest BCUT2D eigenvalue weighted by Crippen LogP contribution is 2.46. The number of likely N-dealkylation sites (tertiary alicyclic amines) is 1. The van der Waals surface area contributed by atoms with E-state index in [2.05, 4.69) is 67.3 Å². The normalized spacial score (nSPS) is 21.7. The highest BCUT2D eigenvalue weighted by molar-refractivity contribution is 7.99. The van der Waals surface area contributed by atoms with Gasteiger partial charge in [0.2, 0.25) is 0 Å². The smallest absolute Gasteiger partial charge is 0.304 e. The average molecular weight is 426 g/mol. The van der Waals surface area contributed by atoms with E-state index in [1.807, 2.05) is 11.8 Å². The van der Waals surface area contributed by atoms with E-state index < -0.39 is 5.97 Å². The second-order valence-electron chi connectivity index (χ2n) is 9.26. The van der Waals surface area contributed by atoms with Gasteiger partial charge in [0.1, 0.15) is 5.75 Å². The fourth-order valence-corrected chi connectivity index (χ4v) is 5.50. The van der Waals surface area contributed by atoms with Crippen molar-refractivity contribution in [1.82, 2.24) is 4.90 Å². The van der Waals surface area contributed by atoms with E-state index in [-0.39, 0.29) is 17.3 Å². The summed E-state index contributed by atoms with van der Waals surface area (Å²) in [5, 5.41) is 8.91. The second kappa shape index (κ2) is 8.64. The van der Waals surface area contributed by atoms with Gasteiger partial charge in [-0.2, -0.15) is 0 Å². The summed E-state index contributed by atoms with van der Waals surface area (Å²) < 4.78 is 6.15. The molecule has 2 aliphatic heterocycles. The highest BCUT2D eigenvalue weighted by Gasteiger charge is 2.43. The van der Waals surface area contributed by atoms with Gasteiger partial charge in [-0.3, -0.25) is 4.79 Å². The van der Waals surface area contributed by atoms with Crippen molar-refractivity contribution in [2.75, 3.05) is 32.0 Å². The third kappa shape index (κ3) is 4.84. The number of aliphatic carboxylic acids is 1. The van der Waals surface area contributed by atoms with Crippen molar-refractivity contribution >= 4 is 17.7 Å². The maximum absolute atomic E-state index is 10.8. The number of thioether (sulfide) groups is 1. The summed E-state index contributed by atoms with van der Waals surface area (Å²) in [4.78, 5) is 14.3. The average Bonchev–Trinajstić information content (AvgIpc) is 2.95. The quantitative estimate of drug-likeness (QED) is 0.646. The molecule has 1 N–H and O–H groups in total. The molecule has 5 heteroatoms. The van der Waals surface area contributed by atoms with Gasteiger partial charge in [-0.05, 0) is 43.6 Å². The molecule has 4 nitrogen and oxygen atoms in total. The van der Waals surface area contributed by atoms with Crippen LogP contribution in [0.15, 0.2) is 59.0 Å². The molecule has 1 spiro atoms. The summed E-state index contributed by atoms with van der Waals surface area (Å²) in [6, 6.07) is 6.71. The van der Waals surface area contributed by atoms with Gasteiger partial charge in [-0.15, -0.1) is 11.8 Å². The number of carboxylic acid groups (broad SMARTS) is 1. The lowest BCUT2D eigenvalue weighted by Crippen LogP contribution is -2.44. The van der Waals surface area contributed by atoms with Crippen LogP contribution in [0.4, 0.5) is 0 Å². The van der Waals surface area contributed by atoms with Crippen molar-refractivity contribution in [1.29, 1.82) is 0 Å². The first-order valence-corrected chi connectivity index (χ1v) is 11.8. The van der Waals surface area contributed by atoms with E-state index in [0.29, 0.717) is 6.54 Å². The Kier molecular flexibility index (Phi) is 6.12. The number of hydrogen-bond acceptors (Lipinski definition) is 4. The number of hydrogen-bond donors (Lipinski definition) is 1. The lowest BCUT2D eigenvalue weighted by Gasteiger charge is -2.38. The van der Waals surface area contributed by atoms with Crippen LogP contribution < -0.4 is 4.74 Å². The molecular formula is C25H31NO3S. The summed E-state index contributed by atoms with van der Waals surface area (Å²) >= 11 is 1.86. The molecule has 0 atom stereocenters. The Labute approximate surface area is 183 Å². The molecule has 0 radical (unpaired) electrons. The Morgan fingerprint density at radius 3 is 2.80 bits per heavy atom. The Balaban J connectivity index is 1.39. The fraction of sp³-hybridized carbons (Fsp3) is 0.480.